The van der Waals surface area contributed by atoms with E-state index in [1.165, 1.54) is 0 Å². The smallest absolute Gasteiger partial charge is 0.408 e. The van der Waals surface area contributed by atoms with Gasteiger partial charge in [-0.2, -0.15) is 0 Å². The number of rotatable bonds is 6. The first-order chi connectivity index (χ1) is 16.3. The Labute approximate surface area is 197 Å². The van der Waals surface area contributed by atoms with E-state index in [-0.39, 0.29) is 18.9 Å². The Balaban J connectivity index is 1.69. The summed E-state index contributed by atoms with van der Waals surface area (Å²) >= 11 is 0. The molecule has 1 aromatic heterocycles. The van der Waals surface area contributed by atoms with Gasteiger partial charge in [-0.05, 0) is 24.0 Å². The van der Waals surface area contributed by atoms with Crippen LogP contribution in [0.2, 0.25) is 0 Å². The van der Waals surface area contributed by atoms with Gasteiger partial charge in [-0.15, -0.1) is 0 Å². The van der Waals surface area contributed by atoms with Crippen molar-refractivity contribution in [2.75, 3.05) is 6.54 Å². The highest BCUT2D eigenvalue weighted by atomic mass is 16.5. The number of nitrogens with zero attached hydrogens (tertiary/aromatic N) is 2. The van der Waals surface area contributed by atoms with Gasteiger partial charge in [-0.1, -0.05) is 44.2 Å². The molecule has 0 saturated carbocycles. The fourth-order valence-electron chi connectivity index (χ4n) is 3.48. The molecule has 1 aliphatic heterocycles. The second kappa shape index (κ2) is 11.9. The molecule has 10 nitrogen and oxygen atoms in total. The van der Waals surface area contributed by atoms with Crippen LogP contribution in [-0.2, 0) is 38.6 Å². The van der Waals surface area contributed by atoms with Crippen LogP contribution in [0.5, 0.6) is 0 Å². The topological polar surface area (TPSA) is 139 Å². The molecule has 10 heteroatoms. The average Bonchev–Trinajstić information content (AvgIpc) is 2.84. The molecule has 34 heavy (non-hydrogen) atoms. The van der Waals surface area contributed by atoms with Crippen molar-refractivity contribution in [3.8, 4) is 0 Å². The lowest BCUT2D eigenvalue weighted by Gasteiger charge is -2.24. The number of nitrogens with one attached hydrogen (secondary N) is 3. The third-order valence-electron chi connectivity index (χ3n) is 5.33. The van der Waals surface area contributed by atoms with Gasteiger partial charge < -0.3 is 20.7 Å². The number of ether oxygens (including phenoxy) is 1. The first-order valence-corrected chi connectivity index (χ1v) is 11.2. The standard InChI is InChI=1S/C24H29N5O5/c1-15(2)20(29-24(33)34-14-16-7-4-3-5-8-16)22(31)28-18-13-17-10-12-25-19(27-17)9-6-11-26-23(32)21(18)30/h3-5,7-8,10,12,15,18,20H,6,9,11,13-14H2,1-2H3,(H,26,32)(H,28,31)(H,29,33). The van der Waals surface area contributed by atoms with Gasteiger partial charge in [0.1, 0.15) is 24.5 Å². The number of hydrogen-bond acceptors (Lipinski definition) is 7. The molecule has 0 saturated heterocycles. The first kappa shape index (κ1) is 24.8. The lowest BCUT2D eigenvalue weighted by molar-refractivity contribution is -0.140. The highest BCUT2D eigenvalue weighted by molar-refractivity contribution is 6.38. The van der Waals surface area contributed by atoms with E-state index in [0.29, 0.717) is 30.9 Å². The van der Waals surface area contributed by atoms with Crippen LogP contribution in [0.25, 0.3) is 0 Å². The molecule has 2 bridgehead atoms. The van der Waals surface area contributed by atoms with E-state index in [4.69, 9.17) is 4.74 Å². The van der Waals surface area contributed by atoms with E-state index in [0.717, 1.165) is 5.56 Å². The number of ketones is 1. The minimum atomic E-state index is -1.14. The van der Waals surface area contributed by atoms with E-state index in [9.17, 15) is 19.2 Å². The predicted octanol–water partition coefficient (Wildman–Crippen LogP) is 1.09. The number of hydrogen-bond donors (Lipinski definition) is 3. The molecular formula is C24H29N5O5. The molecule has 1 aromatic carbocycles. The zero-order valence-electron chi connectivity index (χ0n) is 19.2. The number of aryl methyl sites for hydroxylation is 1. The quantitative estimate of drug-likeness (QED) is 0.540. The van der Waals surface area contributed by atoms with E-state index in [1.54, 1.807) is 26.1 Å². The van der Waals surface area contributed by atoms with Crippen LogP contribution in [0.15, 0.2) is 42.6 Å². The number of Topliss-reactive ketones (excluding diaryl/α,β-unsaturated/α-hetero) is 1. The van der Waals surface area contributed by atoms with Gasteiger partial charge in [0.15, 0.2) is 0 Å². The fraction of sp³-hybridized carbons (Fsp3) is 0.417. The number of benzene rings is 1. The summed E-state index contributed by atoms with van der Waals surface area (Å²) in [7, 11) is 0. The van der Waals surface area contributed by atoms with Crippen molar-refractivity contribution in [1.29, 1.82) is 0 Å². The molecule has 3 rings (SSSR count). The number of carbonyl (C=O) groups excluding carboxylic acids is 4. The van der Waals surface area contributed by atoms with Crippen LogP contribution in [0.3, 0.4) is 0 Å². The Morgan fingerprint density at radius 3 is 2.68 bits per heavy atom. The molecule has 0 aliphatic carbocycles. The fourth-order valence-corrected chi connectivity index (χ4v) is 3.48. The van der Waals surface area contributed by atoms with Gasteiger partial charge in [0, 0.05) is 31.3 Å². The van der Waals surface area contributed by atoms with E-state index >= 15 is 0 Å². The lowest BCUT2D eigenvalue weighted by atomic mass is 10.0. The number of alkyl carbamates (subject to hydrolysis) is 1. The lowest BCUT2D eigenvalue weighted by Crippen LogP contribution is -2.56. The highest BCUT2D eigenvalue weighted by Crippen LogP contribution is 2.09. The third kappa shape index (κ3) is 7.09. The maximum atomic E-state index is 13.1. The number of carbonyl (C=O) groups is 4. The number of aromatic nitrogens is 2. The molecule has 0 radical (unpaired) electrons. The Bertz CT molecular complexity index is 1030. The van der Waals surface area contributed by atoms with Crippen molar-refractivity contribution < 1.29 is 23.9 Å². The van der Waals surface area contributed by atoms with E-state index < -0.39 is 35.8 Å². The van der Waals surface area contributed by atoms with Crippen molar-refractivity contribution in [3.05, 3.63) is 59.7 Å². The van der Waals surface area contributed by atoms with Crippen molar-refractivity contribution in [3.63, 3.8) is 0 Å². The summed E-state index contributed by atoms with van der Waals surface area (Å²) in [6, 6.07) is 8.67. The Morgan fingerprint density at radius 1 is 1.18 bits per heavy atom. The van der Waals surface area contributed by atoms with Gasteiger partial charge in [0.25, 0.3) is 5.91 Å². The average molecular weight is 468 g/mol. The Morgan fingerprint density at radius 2 is 1.94 bits per heavy atom. The van der Waals surface area contributed by atoms with Gasteiger partial charge in [-0.3, -0.25) is 14.4 Å². The predicted molar refractivity (Wildman–Crippen MR) is 122 cm³/mol. The summed E-state index contributed by atoms with van der Waals surface area (Å²) < 4.78 is 5.22. The molecule has 180 valence electrons. The van der Waals surface area contributed by atoms with Crippen LogP contribution in [0.4, 0.5) is 4.79 Å². The molecule has 1 aliphatic rings. The van der Waals surface area contributed by atoms with E-state index in [1.807, 2.05) is 30.3 Å². The maximum Gasteiger partial charge on any atom is 0.408 e. The summed E-state index contributed by atoms with van der Waals surface area (Å²) in [6.07, 6.45) is 2.00. The van der Waals surface area contributed by atoms with Crippen molar-refractivity contribution in [2.24, 2.45) is 5.92 Å². The molecule has 2 unspecified atom stereocenters. The molecule has 3 N–H and O–H groups in total. The normalized spacial score (nSPS) is 17.2. The summed E-state index contributed by atoms with van der Waals surface area (Å²) in [4.78, 5) is 59.2. The van der Waals surface area contributed by atoms with Crippen LogP contribution < -0.4 is 16.0 Å². The van der Waals surface area contributed by atoms with Gasteiger partial charge in [-0.25, -0.2) is 14.8 Å². The van der Waals surface area contributed by atoms with Crippen molar-refractivity contribution >= 4 is 23.7 Å². The van der Waals surface area contributed by atoms with Gasteiger partial charge in [0.05, 0.1) is 0 Å². The summed E-state index contributed by atoms with van der Waals surface area (Å²) in [5.41, 5.74) is 1.34. The third-order valence-corrected chi connectivity index (χ3v) is 5.33. The monoisotopic (exact) mass is 467 g/mol. The molecule has 3 amide bonds. The molecule has 2 heterocycles. The van der Waals surface area contributed by atoms with Gasteiger partial charge in [0.2, 0.25) is 11.7 Å². The summed E-state index contributed by atoms with van der Waals surface area (Å²) in [5, 5.41) is 7.76. The molecule has 0 spiro atoms. The zero-order chi connectivity index (χ0) is 24.5. The SMILES string of the molecule is CC(C)C(NC(=O)OCc1ccccc1)C(=O)NC1Cc2ccnc(n2)CCCNC(=O)C1=O. The zero-order valence-corrected chi connectivity index (χ0v) is 19.2. The molecular weight excluding hydrogens is 438 g/mol. The van der Waals surface area contributed by atoms with Crippen LogP contribution >= 0.6 is 0 Å². The van der Waals surface area contributed by atoms with Gasteiger partial charge >= 0.3 is 6.09 Å². The van der Waals surface area contributed by atoms with Crippen LogP contribution in [0.1, 0.15) is 37.4 Å². The minimum absolute atomic E-state index is 0.0246. The summed E-state index contributed by atoms with van der Waals surface area (Å²) in [5.74, 6) is -1.84. The largest absolute Gasteiger partial charge is 0.445 e. The number of amides is 3. The Kier molecular flexibility index (Phi) is 8.66. The summed E-state index contributed by atoms with van der Waals surface area (Å²) in [6.45, 7) is 3.85. The maximum absolute atomic E-state index is 13.1. The minimum Gasteiger partial charge on any atom is -0.445 e. The van der Waals surface area contributed by atoms with Crippen LogP contribution in [-0.4, -0.2) is 52.3 Å². The molecule has 2 atom stereocenters. The second-order valence-corrected chi connectivity index (χ2v) is 8.38. The molecule has 2 aromatic rings. The second-order valence-electron chi connectivity index (χ2n) is 8.38. The first-order valence-electron chi connectivity index (χ1n) is 11.2. The van der Waals surface area contributed by atoms with Crippen LogP contribution in [0, 0.1) is 5.92 Å². The number of fused-ring (bicyclic) bond motifs is 2. The Hall–Kier alpha value is -3.82. The van der Waals surface area contributed by atoms with E-state index in [2.05, 4.69) is 25.9 Å². The molecule has 0 fully saturated rings. The highest BCUT2D eigenvalue weighted by Gasteiger charge is 2.32. The van der Waals surface area contributed by atoms with Crippen molar-refractivity contribution in [2.45, 2.75) is 51.8 Å². The van der Waals surface area contributed by atoms with Crippen molar-refractivity contribution in [1.82, 2.24) is 25.9 Å².